The van der Waals surface area contributed by atoms with E-state index in [-0.39, 0.29) is 5.91 Å². The molecule has 0 unspecified atom stereocenters. The first-order chi connectivity index (χ1) is 12.6. The second kappa shape index (κ2) is 7.27. The SMILES string of the molecule is Cc1cc(C)nc(SCc2ccc(C(=O)NC[C@H]3C[C@H]4C=C[C@H]3C4)o2)n1. The van der Waals surface area contributed by atoms with Crippen LogP contribution in [0.1, 0.15) is 40.5 Å². The molecule has 0 spiro atoms. The van der Waals surface area contributed by atoms with Crippen LogP contribution < -0.4 is 5.32 Å². The Morgan fingerprint density at radius 1 is 1.23 bits per heavy atom. The molecule has 0 radical (unpaired) electrons. The molecule has 3 atom stereocenters. The first-order valence-electron chi connectivity index (χ1n) is 9.07. The van der Waals surface area contributed by atoms with Crippen molar-refractivity contribution < 1.29 is 9.21 Å². The van der Waals surface area contributed by atoms with E-state index in [0.717, 1.165) is 34.8 Å². The summed E-state index contributed by atoms with van der Waals surface area (Å²) in [7, 11) is 0. The number of aryl methyl sites for hydroxylation is 2. The molecule has 2 aliphatic carbocycles. The maximum atomic E-state index is 12.3. The van der Waals surface area contributed by atoms with Crippen LogP contribution >= 0.6 is 11.8 Å². The number of nitrogens with one attached hydrogen (secondary N) is 1. The van der Waals surface area contributed by atoms with Crippen LogP contribution in [0.25, 0.3) is 0 Å². The topological polar surface area (TPSA) is 68.0 Å². The monoisotopic (exact) mass is 369 g/mol. The smallest absolute Gasteiger partial charge is 0.287 e. The lowest BCUT2D eigenvalue weighted by Crippen LogP contribution is -2.30. The Morgan fingerprint density at radius 2 is 2.04 bits per heavy atom. The summed E-state index contributed by atoms with van der Waals surface area (Å²) in [5.74, 6) is 3.54. The number of aromatic nitrogens is 2. The van der Waals surface area contributed by atoms with E-state index in [1.807, 2.05) is 26.0 Å². The zero-order valence-corrected chi connectivity index (χ0v) is 15.9. The van der Waals surface area contributed by atoms with E-state index in [1.54, 1.807) is 6.07 Å². The van der Waals surface area contributed by atoms with Crippen LogP contribution in [0, 0.1) is 31.6 Å². The minimum atomic E-state index is -0.129. The van der Waals surface area contributed by atoms with Crippen molar-refractivity contribution in [2.24, 2.45) is 17.8 Å². The van der Waals surface area contributed by atoms with Crippen LogP contribution in [-0.2, 0) is 5.75 Å². The van der Waals surface area contributed by atoms with E-state index in [1.165, 1.54) is 24.6 Å². The largest absolute Gasteiger partial charge is 0.455 e. The third kappa shape index (κ3) is 3.85. The fourth-order valence-corrected chi connectivity index (χ4v) is 4.76. The van der Waals surface area contributed by atoms with Crippen molar-refractivity contribution in [1.29, 1.82) is 0 Å². The van der Waals surface area contributed by atoms with Gasteiger partial charge in [0, 0.05) is 17.9 Å². The maximum absolute atomic E-state index is 12.3. The second-order valence-electron chi connectivity index (χ2n) is 7.24. The van der Waals surface area contributed by atoms with Gasteiger partial charge in [-0.2, -0.15) is 0 Å². The highest BCUT2D eigenvalue weighted by molar-refractivity contribution is 7.98. The Labute approximate surface area is 157 Å². The molecule has 2 heterocycles. The first kappa shape index (κ1) is 17.3. The van der Waals surface area contributed by atoms with Crippen LogP contribution in [0.15, 0.2) is 39.9 Å². The van der Waals surface area contributed by atoms with E-state index in [0.29, 0.717) is 23.3 Å². The first-order valence-corrected chi connectivity index (χ1v) is 10.1. The second-order valence-corrected chi connectivity index (χ2v) is 8.18. The van der Waals surface area contributed by atoms with Crippen molar-refractivity contribution in [3.63, 3.8) is 0 Å². The quantitative estimate of drug-likeness (QED) is 0.475. The van der Waals surface area contributed by atoms with Gasteiger partial charge in [-0.15, -0.1) is 0 Å². The summed E-state index contributed by atoms with van der Waals surface area (Å²) in [5.41, 5.74) is 1.91. The van der Waals surface area contributed by atoms with Gasteiger partial charge in [0.25, 0.3) is 5.91 Å². The standard InChI is InChI=1S/C20H23N3O2S/c1-12-7-13(2)23-20(22-12)26-11-17-5-6-18(25-17)19(24)21-10-16-9-14-3-4-15(16)8-14/h3-7,14-16H,8-11H2,1-2H3,(H,21,24)/t14-,15-,16+/m0/s1. The van der Waals surface area contributed by atoms with E-state index >= 15 is 0 Å². The summed E-state index contributed by atoms with van der Waals surface area (Å²) in [4.78, 5) is 21.1. The molecule has 1 N–H and O–H groups in total. The minimum Gasteiger partial charge on any atom is -0.455 e. The van der Waals surface area contributed by atoms with Crippen molar-refractivity contribution in [3.8, 4) is 0 Å². The molecule has 0 aromatic carbocycles. The number of thioether (sulfide) groups is 1. The number of furan rings is 1. The lowest BCUT2D eigenvalue weighted by Gasteiger charge is -2.17. The third-order valence-electron chi connectivity index (χ3n) is 5.13. The Kier molecular flexibility index (Phi) is 4.85. The van der Waals surface area contributed by atoms with Gasteiger partial charge in [-0.1, -0.05) is 23.9 Å². The molecule has 5 nitrogen and oxygen atoms in total. The molecular formula is C20H23N3O2S. The van der Waals surface area contributed by atoms with Crippen LogP contribution in [0.4, 0.5) is 0 Å². The Hall–Kier alpha value is -2.08. The van der Waals surface area contributed by atoms with Crippen molar-refractivity contribution in [3.05, 3.63) is 53.3 Å². The van der Waals surface area contributed by atoms with Gasteiger partial charge < -0.3 is 9.73 Å². The summed E-state index contributed by atoms with van der Waals surface area (Å²) in [6.07, 6.45) is 7.07. The van der Waals surface area contributed by atoms with Gasteiger partial charge in [0.2, 0.25) is 0 Å². The van der Waals surface area contributed by atoms with Crippen molar-refractivity contribution in [1.82, 2.24) is 15.3 Å². The van der Waals surface area contributed by atoms with Gasteiger partial charge in [0.05, 0.1) is 5.75 Å². The molecule has 1 saturated carbocycles. The van der Waals surface area contributed by atoms with Crippen LogP contribution in [0.2, 0.25) is 0 Å². The average Bonchev–Trinajstić information content (AvgIpc) is 3.33. The number of carbonyl (C=O) groups is 1. The lowest BCUT2D eigenvalue weighted by molar-refractivity contribution is 0.0916. The Balaban J connectivity index is 1.29. The lowest BCUT2D eigenvalue weighted by atomic mass is 9.93. The summed E-state index contributed by atoms with van der Waals surface area (Å²) in [6, 6.07) is 5.55. The van der Waals surface area contributed by atoms with Crippen molar-refractivity contribution >= 4 is 17.7 Å². The predicted octanol–water partition coefficient (Wildman–Crippen LogP) is 3.92. The summed E-state index contributed by atoms with van der Waals surface area (Å²) >= 11 is 1.51. The van der Waals surface area contributed by atoms with Gasteiger partial charge in [0.15, 0.2) is 10.9 Å². The molecule has 0 aliphatic heterocycles. The van der Waals surface area contributed by atoms with Crippen LogP contribution in [0.5, 0.6) is 0 Å². The van der Waals surface area contributed by atoms with Crippen LogP contribution in [-0.4, -0.2) is 22.4 Å². The molecule has 2 aromatic heterocycles. The molecule has 136 valence electrons. The molecule has 0 saturated heterocycles. The third-order valence-corrected chi connectivity index (χ3v) is 6.00. The van der Waals surface area contributed by atoms with Crippen LogP contribution in [0.3, 0.4) is 0 Å². The number of amides is 1. The summed E-state index contributed by atoms with van der Waals surface area (Å²) < 4.78 is 5.70. The van der Waals surface area contributed by atoms with E-state index in [2.05, 4.69) is 27.4 Å². The summed E-state index contributed by atoms with van der Waals surface area (Å²) in [5, 5.41) is 3.76. The highest BCUT2D eigenvalue weighted by Crippen LogP contribution is 2.42. The highest BCUT2D eigenvalue weighted by atomic mass is 32.2. The number of rotatable bonds is 6. The van der Waals surface area contributed by atoms with E-state index in [9.17, 15) is 4.79 Å². The number of fused-ring (bicyclic) bond motifs is 2. The Morgan fingerprint density at radius 3 is 2.73 bits per heavy atom. The molecular weight excluding hydrogens is 346 g/mol. The van der Waals surface area contributed by atoms with Gasteiger partial charge in [-0.05, 0) is 62.6 Å². The Bertz CT molecular complexity index is 825. The van der Waals surface area contributed by atoms with Crippen molar-refractivity contribution in [2.75, 3.05) is 6.54 Å². The molecule has 1 fully saturated rings. The average molecular weight is 369 g/mol. The highest BCUT2D eigenvalue weighted by Gasteiger charge is 2.35. The fourth-order valence-electron chi connectivity index (χ4n) is 3.91. The van der Waals surface area contributed by atoms with Gasteiger partial charge >= 0.3 is 0 Å². The van der Waals surface area contributed by atoms with Gasteiger partial charge in [-0.3, -0.25) is 4.79 Å². The van der Waals surface area contributed by atoms with Gasteiger partial charge in [0.1, 0.15) is 5.76 Å². The summed E-state index contributed by atoms with van der Waals surface area (Å²) in [6.45, 7) is 4.64. The number of hydrogen-bond acceptors (Lipinski definition) is 5. The normalized spacial score (nSPS) is 23.5. The molecule has 1 amide bonds. The van der Waals surface area contributed by atoms with E-state index in [4.69, 9.17) is 4.42 Å². The fraction of sp³-hybridized carbons (Fsp3) is 0.450. The van der Waals surface area contributed by atoms with E-state index < -0.39 is 0 Å². The minimum absolute atomic E-state index is 0.129. The predicted molar refractivity (Wildman–Crippen MR) is 101 cm³/mol. The maximum Gasteiger partial charge on any atom is 0.287 e. The van der Waals surface area contributed by atoms with Crippen molar-refractivity contribution in [2.45, 2.75) is 37.6 Å². The molecule has 2 bridgehead atoms. The molecule has 26 heavy (non-hydrogen) atoms. The van der Waals surface area contributed by atoms with Gasteiger partial charge in [-0.25, -0.2) is 9.97 Å². The number of allylic oxidation sites excluding steroid dienone is 2. The zero-order valence-electron chi connectivity index (χ0n) is 15.1. The number of nitrogens with zero attached hydrogens (tertiary/aromatic N) is 2. The molecule has 2 aromatic rings. The molecule has 6 heteroatoms. The molecule has 4 rings (SSSR count). The molecule has 2 aliphatic rings. The number of hydrogen-bond donors (Lipinski definition) is 1. The number of carbonyl (C=O) groups excluding carboxylic acids is 1. The zero-order chi connectivity index (χ0) is 18.1.